The van der Waals surface area contributed by atoms with Gasteiger partial charge in [0.05, 0.1) is 0 Å². The third-order valence-electron chi connectivity index (χ3n) is 2.34. The van der Waals surface area contributed by atoms with Crippen LogP contribution in [-0.2, 0) is 11.3 Å². The molecule has 7 nitrogen and oxygen atoms in total. The summed E-state index contributed by atoms with van der Waals surface area (Å²) >= 11 is 0. The van der Waals surface area contributed by atoms with Gasteiger partial charge in [-0.3, -0.25) is 4.79 Å². The van der Waals surface area contributed by atoms with Crippen LogP contribution in [0.2, 0.25) is 0 Å². The van der Waals surface area contributed by atoms with E-state index in [1.165, 1.54) is 0 Å². The number of ether oxygens (including phenoxy) is 1. The van der Waals surface area contributed by atoms with E-state index in [1.807, 2.05) is 6.92 Å². The van der Waals surface area contributed by atoms with Gasteiger partial charge >= 0.3 is 6.09 Å². The number of nitrogens with one attached hydrogen (secondary N) is 2. The molecule has 1 aromatic rings. The minimum absolute atomic E-state index is 0.174. The van der Waals surface area contributed by atoms with Gasteiger partial charge in [-0.15, -0.1) is 0 Å². The first-order chi connectivity index (χ1) is 9.33. The van der Waals surface area contributed by atoms with Crippen LogP contribution >= 0.6 is 0 Å². The lowest BCUT2D eigenvalue weighted by Crippen LogP contribution is -2.35. The summed E-state index contributed by atoms with van der Waals surface area (Å²) in [6.45, 7) is 8.61. The van der Waals surface area contributed by atoms with Gasteiger partial charge in [0.25, 0.3) is 5.56 Å². The van der Waals surface area contributed by atoms with Crippen LogP contribution in [0.5, 0.6) is 0 Å². The Morgan fingerprint density at radius 3 is 2.70 bits per heavy atom. The molecule has 0 radical (unpaired) electrons. The summed E-state index contributed by atoms with van der Waals surface area (Å²) in [4.78, 5) is 27.2. The minimum Gasteiger partial charge on any atom is -0.444 e. The van der Waals surface area contributed by atoms with Crippen molar-refractivity contribution >= 4 is 11.9 Å². The second-order valence-corrected chi connectivity index (χ2v) is 5.22. The summed E-state index contributed by atoms with van der Waals surface area (Å²) in [6.07, 6.45) is 2.72. The van der Waals surface area contributed by atoms with Gasteiger partial charge in [0.2, 0.25) is 0 Å². The number of anilines is 1. The van der Waals surface area contributed by atoms with Gasteiger partial charge < -0.3 is 19.9 Å². The molecule has 0 unspecified atom stereocenters. The Balaban J connectivity index is 2.39. The molecule has 0 aliphatic carbocycles. The third kappa shape index (κ3) is 5.29. The monoisotopic (exact) mass is 282 g/mol. The molecule has 2 N–H and O–H groups in total. The van der Waals surface area contributed by atoms with Crippen molar-refractivity contribution < 1.29 is 9.53 Å². The molecule has 0 atom stereocenters. The highest BCUT2D eigenvalue weighted by atomic mass is 16.6. The molecule has 112 valence electrons. The number of nitrogens with zero attached hydrogens (tertiary/aromatic N) is 2. The number of aromatic nitrogens is 2. The van der Waals surface area contributed by atoms with Crippen molar-refractivity contribution in [1.29, 1.82) is 0 Å². The van der Waals surface area contributed by atoms with Crippen LogP contribution in [0.4, 0.5) is 10.6 Å². The van der Waals surface area contributed by atoms with Crippen LogP contribution in [0.1, 0.15) is 27.7 Å². The number of hydrogen-bond donors (Lipinski definition) is 2. The summed E-state index contributed by atoms with van der Waals surface area (Å²) in [7, 11) is 0. The van der Waals surface area contributed by atoms with E-state index in [0.29, 0.717) is 19.6 Å². The summed E-state index contributed by atoms with van der Waals surface area (Å²) < 4.78 is 6.64. The van der Waals surface area contributed by atoms with E-state index in [1.54, 1.807) is 37.7 Å². The molecule has 0 bridgehead atoms. The maximum Gasteiger partial charge on any atom is 0.407 e. The number of amides is 1. The van der Waals surface area contributed by atoms with E-state index in [-0.39, 0.29) is 11.4 Å². The fourth-order valence-corrected chi connectivity index (χ4v) is 1.48. The van der Waals surface area contributed by atoms with E-state index in [9.17, 15) is 9.59 Å². The van der Waals surface area contributed by atoms with Crippen LogP contribution in [0.3, 0.4) is 0 Å². The summed E-state index contributed by atoms with van der Waals surface area (Å²) in [5, 5.41) is 5.49. The predicted octanol–water partition coefficient (Wildman–Crippen LogP) is 1.20. The molecule has 0 aliphatic rings. The van der Waals surface area contributed by atoms with Crippen LogP contribution in [0.25, 0.3) is 0 Å². The molecular weight excluding hydrogens is 260 g/mol. The molecule has 1 heterocycles. The van der Waals surface area contributed by atoms with Crippen molar-refractivity contribution in [3.05, 3.63) is 22.7 Å². The van der Waals surface area contributed by atoms with Gasteiger partial charge in [-0.2, -0.15) is 0 Å². The van der Waals surface area contributed by atoms with Crippen molar-refractivity contribution in [2.24, 2.45) is 0 Å². The third-order valence-corrected chi connectivity index (χ3v) is 2.34. The van der Waals surface area contributed by atoms with Crippen molar-refractivity contribution in [2.75, 3.05) is 18.4 Å². The number of rotatable bonds is 5. The van der Waals surface area contributed by atoms with Gasteiger partial charge in [0, 0.05) is 32.0 Å². The van der Waals surface area contributed by atoms with Gasteiger partial charge in [-0.1, -0.05) is 0 Å². The summed E-state index contributed by atoms with van der Waals surface area (Å²) in [5.41, 5.74) is -0.694. The zero-order valence-electron chi connectivity index (χ0n) is 12.4. The highest BCUT2D eigenvalue weighted by Gasteiger charge is 2.15. The van der Waals surface area contributed by atoms with Gasteiger partial charge in [-0.05, 0) is 27.7 Å². The number of hydrogen-bond acceptors (Lipinski definition) is 5. The second kappa shape index (κ2) is 6.93. The lowest BCUT2D eigenvalue weighted by molar-refractivity contribution is 0.0530. The predicted molar refractivity (Wildman–Crippen MR) is 76.9 cm³/mol. The molecule has 0 spiro atoms. The number of aryl methyl sites for hydroxylation is 1. The molecule has 1 aromatic heterocycles. The quantitative estimate of drug-likeness (QED) is 0.793. The Labute approximate surface area is 118 Å². The van der Waals surface area contributed by atoms with Gasteiger partial charge in [0.1, 0.15) is 5.60 Å². The zero-order valence-corrected chi connectivity index (χ0v) is 12.4. The van der Waals surface area contributed by atoms with Crippen LogP contribution in [0, 0.1) is 0 Å². The fraction of sp³-hybridized carbons (Fsp3) is 0.615. The molecular formula is C13H22N4O3. The molecule has 20 heavy (non-hydrogen) atoms. The Morgan fingerprint density at radius 1 is 1.40 bits per heavy atom. The van der Waals surface area contributed by atoms with Crippen LogP contribution in [0.15, 0.2) is 17.2 Å². The minimum atomic E-state index is -0.520. The first-order valence-electron chi connectivity index (χ1n) is 6.59. The standard InChI is InChI=1S/C13H22N4O3/c1-5-17-9-8-15-10(11(17)18)14-6-7-16-12(19)20-13(2,3)4/h8-9H,5-7H2,1-4H3,(H,14,15)(H,16,19). The number of alkyl carbamates (subject to hydrolysis) is 1. The molecule has 0 fully saturated rings. The maximum absolute atomic E-state index is 11.8. The van der Waals surface area contributed by atoms with E-state index in [0.717, 1.165) is 0 Å². The van der Waals surface area contributed by atoms with E-state index < -0.39 is 11.7 Å². The topological polar surface area (TPSA) is 85.2 Å². The lowest BCUT2D eigenvalue weighted by Gasteiger charge is -2.19. The van der Waals surface area contributed by atoms with E-state index in [2.05, 4.69) is 15.6 Å². The van der Waals surface area contributed by atoms with Crippen molar-refractivity contribution in [2.45, 2.75) is 39.8 Å². The van der Waals surface area contributed by atoms with Gasteiger partial charge in [0.15, 0.2) is 5.82 Å². The molecule has 0 aromatic carbocycles. The van der Waals surface area contributed by atoms with E-state index in [4.69, 9.17) is 4.74 Å². The number of carbonyl (C=O) groups is 1. The van der Waals surface area contributed by atoms with Crippen LogP contribution < -0.4 is 16.2 Å². The second-order valence-electron chi connectivity index (χ2n) is 5.22. The molecule has 1 rings (SSSR count). The highest BCUT2D eigenvalue weighted by Crippen LogP contribution is 2.06. The van der Waals surface area contributed by atoms with E-state index >= 15 is 0 Å². The smallest absolute Gasteiger partial charge is 0.407 e. The Kier molecular flexibility index (Phi) is 5.54. The Hall–Kier alpha value is -2.05. The molecule has 0 saturated heterocycles. The van der Waals surface area contributed by atoms with Crippen molar-refractivity contribution in [3.63, 3.8) is 0 Å². The lowest BCUT2D eigenvalue weighted by atomic mass is 10.2. The number of carbonyl (C=O) groups excluding carboxylic acids is 1. The normalized spacial score (nSPS) is 11.0. The molecule has 0 saturated carbocycles. The molecule has 7 heteroatoms. The maximum atomic E-state index is 11.8. The average Bonchev–Trinajstić information content (AvgIpc) is 2.34. The zero-order chi connectivity index (χ0) is 15.2. The largest absolute Gasteiger partial charge is 0.444 e. The van der Waals surface area contributed by atoms with Crippen LogP contribution in [-0.4, -0.2) is 34.3 Å². The molecule has 0 aliphatic heterocycles. The van der Waals surface area contributed by atoms with Crippen molar-refractivity contribution in [3.8, 4) is 0 Å². The highest BCUT2D eigenvalue weighted by molar-refractivity contribution is 5.67. The Morgan fingerprint density at radius 2 is 2.10 bits per heavy atom. The summed E-state index contributed by atoms with van der Waals surface area (Å²) in [6, 6.07) is 0. The Bertz CT molecular complexity index is 505. The SMILES string of the molecule is CCn1ccnc(NCCNC(=O)OC(C)(C)C)c1=O. The molecule has 1 amide bonds. The van der Waals surface area contributed by atoms with Gasteiger partial charge in [-0.25, -0.2) is 9.78 Å². The summed E-state index contributed by atoms with van der Waals surface area (Å²) in [5.74, 6) is 0.278. The first kappa shape index (κ1) is 16.0. The van der Waals surface area contributed by atoms with Crippen molar-refractivity contribution in [1.82, 2.24) is 14.9 Å². The average molecular weight is 282 g/mol. The first-order valence-corrected chi connectivity index (χ1v) is 6.59. The fourth-order valence-electron chi connectivity index (χ4n) is 1.48.